The molecule has 13 heavy (non-hydrogen) atoms. The first kappa shape index (κ1) is 9.50. The van der Waals surface area contributed by atoms with Gasteiger partial charge < -0.3 is 0 Å². The molecule has 0 saturated heterocycles. The van der Waals surface area contributed by atoms with E-state index in [2.05, 4.69) is 53.8 Å². The fraction of sp³-hybridized carbons (Fsp3) is 0.500. The van der Waals surface area contributed by atoms with Crippen molar-refractivity contribution >= 4 is 22.6 Å². The molecular formula is C12H15I. The SMILES string of the molecule is Cc1ccccc1C1CCCC1I. The van der Waals surface area contributed by atoms with Crippen LogP contribution in [0.3, 0.4) is 0 Å². The molecule has 0 aliphatic heterocycles. The molecule has 1 fully saturated rings. The standard InChI is InChI=1S/C12H15I/c1-9-5-2-3-6-10(9)11-7-4-8-12(11)13/h2-3,5-6,11-12H,4,7-8H2,1H3. The molecule has 1 aromatic carbocycles. The van der Waals surface area contributed by atoms with Crippen LogP contribution in [0.1, 0.15) is 36.3 Å². The summed E-state index contributed by atoms with van der Waals surface area (Å²) in [6, 6.07) is 8.84. The zero-order chi connectivity index (χ0) is 9.26. The molecule has 1 aliphatic carbocycles. The lowest BCUT2D eigenvalue weighted by molar-refractivity contribution is 0.744. The van der Waals surface area contributed by atoms with Gasteiger partial charge in [0, 0.05) is 3.92 Å². The van der Waals surface area contributed by atoms with Gasteiger partial charge in [0.25, 0.3) is 0 Å². The van der Waals surface area contributed by atoms with E-state index < -0.39 is 0 Å². The Balaban J connectivity index is 2.29. The normalized spacial score (nSPS) is 27.8. The van der Waals surface area contributed by atoms with Gasteiger partial charge in [-0.15, -0.1) is 0 Å². The topological polar surface area (TPSA) is 0 Å². The maximum absolute atomic E-state index is 2.61. The molecule has 2 rings (SSSR count). The van der Waals surface area contributed by atoms with Gasteiger partial charge in [-0.05, 0) is 36.8 Å². The highest BCUT2D eigenvalue weighted by atomic mass is 127. The van der Waals surface area contributed by atoms with E-state index in [4.69, 9.17) is 0 Å². The Morgan fingerprint density at radius 1 is 1.23 bits per heavy atom. The van der Waals surface area contributed by atoms with Crippen molar-refractivity contribution in [1.29, 1.82) is 0 Å². The second-order valence-electron chi connectivity index (χ2n) is 3.91. The minimum Gasteiger partial charge on any atom is -0.0820 e. The third kappa shape index (κ3) is 1.90. The van der Waals surface area contributed by atoms with E-state index in [1.54, 1.807) is 5.56 Å². The van der Waals surface area contributed by atoms with Crippen molar-refractivity contribution in [2.75, 3.05) is 0 Å². The van der Waals surface area contributed by atoms with Gasteiger partial charge in [0.1, 0.15) is 0 Å². The molecule has 0 aromatic heterocycles. The van der Waals surface area contributed by atoms with E-state index in [0.717, 1.165) is 9.84 Å². The quantitative estimate of drug-likeness (QED) is 0.539. The largest absolute Gasteiger partial charge is 0.0820 e. The Morgan fingerprint density at radius 2 is 2.00 bits per heavy atom. The molecule has 0 heterocycles. The average Bonchev–Trinajstić information content (AvgIpc) is 2.52. The van der Waals surface area contributed by atoms with Gasteiger partial charge in [-0.1, -0.05) is 53.3 Å². The van der Waals surface area contributed by atoms with Crippen LogP contribution in [-0.2, 0) is 0 Å². The van der Waals surface area contributed by atoms with Gasteiger partial charge in [-0.25, -0.2) is 0 Å². The van der Waals surface area contributed by atoms with Gasteiger partial charge in [-0.2, -0.15) is 0 Å². The minimum atomic E-state index is 0.821. The van der Waals surface area contributed by atoms with Crippen molar-refractivity contribution in [3.05, 3.63) is 35.4 Å². The lowest BCUT2D eigenvalue weighted by Gasteiger charge is -2.16. The zero-order valence-electron chi connectivity index (χ0n) is 7.96. The van der Waals surface area contributed by atoms with E-state index in [-0.39, 0.29) is 0 Å². The summed E-state index contributed by atoms with van der Waals surface area (Å²) in [5.74, 6) is 0.821. The van der Waals surface area contributed by atoms with Gasteiger partial charge in [0.2, 0.25) is 0 Å². The Kier molecular flexibility index (Phi) is 2.92. The second-order valence-corrected chi connectivity index (χ2v) is 5.51. The van der Waals surface area contributed by atoms with Gasteiger partial charge >= 0.3 is 0 Å². The predicted molar refractivity (Wildman–Crippen MR) is 65.6 cm³/mol. The van der Waals surface area contributed by atoms with Crippen molar-refractivity contribution in [2.24, 2.45) is 0 Å². The van der Waals surface area contributed by atoms with Crippen LogP contribution in [-0.4, -0.2) is 3.92 Å². The summed E-state index contributed by atoms with van der Waals surface area (Å²) >= 11 is 2.61. The lowest BCUT2D eigenvalue weighted by Crippen LogP contribution is -2.05. The monoisotopic (exact) mass is 286 g/mol. The minimum absolute atomic E-state index is 0.821. The molecule has 0 bridgehead atoms. The summed E-state index contributed by atoms with van der Waals surface area (Å²) in [7, 11) is 0. The molecule has 0 N–H and O–H groups in total. The molecule has 1 heteroatoms. The van der Waals surface area contributed by atoms with Crippen molar-refractivity contribution in [3.8, 4) is 0 Å². The Hall–Kier alpha value is -0.0500. The fourth-order valence-electron chi connectivity index (χ4n) is 2.27. The van der Waals surface area contributed by atoms with E-state index in [9.17, 15) is 0 Å². The summed E-state index contributed by atoms with van der Waals surface area (Å²) in [4.78, 5) is 0. The first-order valence-electron chi connectivity index (χ1n) is 4.98. The Bertz CT molecular complexity index is 293. The number of aryl methyl sites for hydroxylation is 1. The molecule has 1 saturated carbocycles. The summed E-state index contributed by atoms with van der Waals surface area (Å²) in [5, 5.41) is 0. The van der Waals surface area contributed by atoms with Crippen LogP contribution in [0.25, 0.3) is 0 Å². The summed E-state index contributed by atoms with van der Waals surface area (Å²) in [6.45, 7) is 2.23. The van der Waals surface area contributed by atoms with Crippen LogP contribution in [0.2, 0.25) is 0 Å². The highest BCUT2D eigenvalue weighted by Gasteiger charge is 2.26. The Labute approximate surface area is 93.9 Å². The van der Waals surface area contributed by atoms with Gasteiger partial charge in [0.15, 0.2) is 0 Å². The maximum Gasteiger partial charge on any atom is 0.0178 e. The number of hydrogen-bond donors (Lipinski definition) is 0. The highest BCUT2D eigenvalue weighted by molar-refractivity contribution is 14.1. The number of rotatable bonds is 1. The summed E-state index contributed by atoms with van der Waals surface area (Å²) in [6.07, 6.45) is 4.20. The third-order valence-corrected chi connectivity index (χ3v) is 4.51. The molecule has 70 valence electrons. The van der Waals surface area contributed by atoms with E-state index in [0.29, 0.717) is 0 Å². The van der Waals surface area contributed by atoms with E-state index in [1.807, 2.05) is 0 Å². The van der Waals surface area contributed by atoms with Crippen LogP contribution in [0.5, 0.6) is 0 Å². The molecule has 1 aliphatic rings. The van der Waals surface area contributed by atoms with E-state index >= 15 is 0 Å². The third-order valence-electron chi connectivity index (χ3n) is 3.02. The van der Waals surface area contributed by atoms with E-state index in [1.165, 1.54) is 24.8 Å². The number of hydrogen-bond acceptors (Lipinski definition) is 0. The molecule has 1 aromatic rings. The van der Waals surface area contributed by atoms with Crippen LogP contribution in [0.15, 0.2) is 24.3 Å². The van der Waals surface area contributed by atoms with Crippen molar-refractivity contribution < 1.29 is 0 Å². The molecule has 0 radical (unpaired) electrons. The maximum atomic E-state index is 2.61. The summed E-state index contributed by atoms with van der Waals surface area (Å²) in [5.41, 5.74) is 3.05. The lowest BCUT2D eigenvalue weighted by atomic mass is 9.94. The number of halogens is 1. The first-order chi connectivity index (χ1) is 6.29. The second kappa shape index (κ2) is 3.99. The average molecular weight is 286 g/mol. The van der Waals surface area contributed by atoms with Crippen molar-refractivity contribution in [3.63, 3.8) is 0 Å². The summed E-state index contributed by atoms with van der Waals surface area (Å²) < 4.78 is 0.860. The highest BCUT2D eigenvalue weighted by Crippen LogP contribution is 2.40. The van der Waals surface area contributed by atoms with Crippen molar-refractivity contribution in [1.82, 2.24) is 0 Å². The molecule has 2 unspecified atom stereocenters. The van der Waals surface area contributed by atoms with Gasteiger partial charge in [-0.3, -0.25) is 0 Å². The molecule has 0 spiro atoms. The molecule has 2 atom stereocenters. The smallest absolute Gasteiger partial charge is 0.0178 e. The molecule has 0 nitrogen and oxygen atoms in total. The molecular weight excluding hydrogens is 271 g/mol. The fourth-order valence-corrected chi connectivity index (χ4v) is 3.46. The van der Waals surface area contributed by atoms with Crippen LogP contribution in [0.4, 0.5) is 0 Å². The van der Waals surface area contributed by atoms with Crippen LogP contribution >= 0.6 is 22.6 Å². The van der Waals surface area contributed by atoms with Crippen LogP contribution in [0, 0.1) is 6.92 Å². The van der Waals surface area contributed by atoms with Gasteiger partial charge in [0.05, 0.1) is 0 Å². The Morgan fingerprint density at radius 3 is 2.62 bits per heavy atom. The van der Waals surface area contributed by atoms with Crippen molar-refractivity contribution in [2.45, 2.75) is 36.0 Å². The predicted octanol–water partition coefficient (Wildman–Crippen LogP) is 4.07. The first-order valence-corrected chi connectivity index (χ1v) is 6.23. The zero-order valence-corrected chi connectivity index (χ0v) is 10.1. The molecule has 0 amide bonds. The number of benzene rings is 1. The van der Waals surface area contributed by atoms with Crippen LogP contribution < -0.4 is 0 Å². The number of alkyl halides is 1.